The molecule has 3 N–H and O–H groups in total. The number of rotatable bonds is 6. The minimum absolute atomic E-state index is 0.0751. The number of anilines is 2. The monoisotopic (exact) mass is 380 g/mol. The smallest absolute Gasteiger partial charge is 0.248 e. The Labute approximate surface area is 163 Å². The van der Waals surface area contributed by atoms with E-state index in [1.807, 2.05) is 0 Å². The molecule has 0 radical (unpaired) electrons. The quantitative estimate of drug-likeness (QED) is 0.781. The van der Waals surface area contributed by atoms with Crippen molar-refractivity contribution in [1.82, 2.24) is 15.1 Å². The van der Waals surface area contributed by atoms with Crippen LogP contribution < -0.4 is 16.0 Å². The van der Waals surface area contributed by atoms with Crippen molar-refractivity contribution in [1.29, 1.82) is 0 Å². The number of nitrogens with one attached hydrogen (secondary N) is 1. The van der Waals surface area contributed by atoms with Crippen molar-refractivity contribution in [3.05, 3.63) is 47.7 Å². The summed E-state index contributed by atoms with van der Waals surface area (Å²) in [5.41, 5.74) is 7.39. The molecule has 4 rings (SSSR count). The molecule has 1 saturated heterocycles. The topological polar surface area (TPSA) is 104 Å². The molecule has 0 bridgehead atoms. The van der Waals surface area contributed by atoms with Gasteiger partial charge in [0.2, 0.25) is 11.8 Å². The highest BCUT2D eigenvalue weighted by Gasteiger charge is 2.26. The number of amides is 2. The summed E-state index contributed by atoms with van der Waals surface area (Å²) in [6.07, 6.45) is 2.45. The van der Waals surface area contributed by atoms with E-state index in [0.717, 1.165) is 37.7 Å². The average Bonchev–Trinajstić information content (AvgIpc) is 3.54. The van der Waals surface area contributed by atoms with Gasteiger partial charge in [-0.1, -0.05) is 0 Å². The van der Waals surface area contributed by atoms with Gasteiger partial charge in [-0.2, -0.15) is 5.10 Å². The van der Waals surface area contributed by atoms with Crippen LogP contribution >= 0.6 is 0 Å². The zero-order valence-corrected chi connectivity index (χ0v) is 15.7. The maximum atomic E-state index is 12.3. The van der Waals surface area contributed by atoms with Crippen molar-refractivity contribution in [3.63, 3.8) is 0 Å². The first-order chi connectivity index (χ1) is 13.6. The van der Waals surface area contributed by atoms with Crippen molar-refractivity contribution in [2.24, 2.45) is 5.73 Å². The van der Waals surface area contributed by atoms with E-state index in [4.69, 9.17) is 5.73 Å². The molecule has 28 heavy (non-hydrogen) atoms. The van der Waals surface area contributed by atoms with Gasteiger partial charge in [-0.15, -0.1) is 5.10 Å². The van der Waals surface area contributed by atoms with Gasteiger partial charge < -0.3 is 16.0 Å². The zero-order valence-electron chi connectivity index (χ0n) is 15.7. The van der Waals surface area contributed by atoms with E-state index in [0.29, 0.717) is 23.7 Å². The van der Waals surface area contributed by atoms with Gasteiger partial charge in [-0.3, -0.25) is 14.5 Å². The van der Waals surface area contributed by atoms with Crippen LogP contribution in [-0.4, -0.2) is 59.6 Å². The fourth-order valence-corrected chi connectivity index (χ4v) is 3.36. The molecule has 8 nitrogen and oxygen atoms in total. The molecule has 2 aliphatic rings. The third-order valence-corrected chi connectivity index (χ3v) is 5.18. The zero-order chi connectivity index (χ0) is 19.5. The molecule has 0 atom stereocenters. The summed E-state index contributed by atoms with van der Waals surface area (Å²) >= 11 is 0. The average molecular weight is 380 g/mol. The lowest BCUT2D eigenvalue weighted by atomic mass is 10.2. The fourth-order valence-electron chi connectivity index (χ4n) is 3.36. The maximum Gasteiger partial charge on any atom is 0.248 e. The molecule has 2 heterocycles. The number of carbonyl (C=O) groups is 2. The Morgan fingerprint density at radius 2 is 1.71 bits per heavy atom. The lowest BCUT2D eigenvalue weighted by Gasteiger charge is -2.34. The Kier molecular flexibility index (Phi) is 5.21. The van der Waals surface area contributed by atoms with E-state index in [1.54, 1.807) is 24.3 Å². The van der Waals surface area contributed by atoms with Gasteiger partial charge in [0.1, 0.15) is 0 Å². The molecule has 2 fully saturated rings. The molecular formula is C20H24N6O2. The first kappa shape index (κ1) is 18.4. The Hall–Kier alpha value is -3.00. The highest BCUT2D eigenvalue weighted by Crippen LogP contribution is 2.38. The van der Waals surface area contributed by atoms with Gasteiger partial charge >= 0.3 is 0 Å². The van der Waals surface area contributed by atoms with Gasteiger partial charge in [0.25, 0.3) is 0 Å². The van der Waals surface area contributed by atoms with Crippen molar-refractivity contribution >= 4 is 23.3 Å². The van der Waals surface area contributed by atoms with E-state index in [2.05, 4.69) is 37.4 Å². The summed E-state index contributed by atoms with van der Waals surface area (Å²) in [5.74, 6) is 0.961. The third-order valence-electron chi connectivity index (χ3n) is 5.18. The van der Waals surface area contributed by atoms with Crippen LogP contribution in [0.2, 0.25) is 0 Å². The van der Waals surface area contributed by atoms with E-state index < -0.39 is 5.91 Å². The first-order valence-electron chi connectivity index (χ1n) is 9.59. The van der Waals surface area contributed by atoms with Gasteiger partial charge in [0, 0.05) is 43.3 Å². The number of nitrogens with two attached hydrogens (primary N) is 1. The Balaban J connectivity index is 1.24. The number of aromatic nitrogens is 2. The minimum Gasteiger partial charge on any atom is -0.366 e. The second kappa shape index (κ2) is 7.93. The van der Waals surface area contributed by atoms with Gasteiger partial charge in [-0.05, 0) is 49.2 Å². The molecule has 0 spiro atoms. The normalized spacial score (nSPS) is 17.4. The number of primary amides is 1. The standard InChI is InChI=1S/C20H24N6O2/c21-20(28)15-3-5-16(6-4-15)22-19(27)13-25-9-11-26(12-10-25)18-8-7-17(23-24-18)14-1-2-14/h3-8,14H,1-2,9-13H2,(H2,21,28)(H,22,27). The lowest BCUT2D eigenvalue weighted by Crippen LogP contribution is -2.49. The van der Waals surface area contributed by atoms with Gasteiger partial charge in [0.15, 0.2) is 5.82 Å². The second-order valence-corrected chi connectivity index (χ2v) is 7.34. The summed E-state index contributed by atoms with van der Waals surface area (Å²) < 4.78 is 0. The minimum atomic E-state index is -0.484. The van der Waals surface area contributed by atoms with Crippen LogP contribution in [0.25, 0.3) is 0 Å². The molecule has 1 aliphatic heterocycles. The molecule has 1 saturated carbocycles. The molecule has 8 heteroatoms. The Morgan fingerprint density at radius 3 is 2.29 bits per heavy atom. The van der Waals surface area contributed by atoms with Crippen LogP contribution in [-0.2, 0) is 4.79 Å². The van der Waals surface area contributed by atoms with E-state index >= 15 is 0 Å². The summed E-state index contributed by atoms with van der Waals surface area (Å²) in [6.45, 7) is 3.55. The van der Waals surface area contributed by atoms with Crippen LogP contribution in [0, 0.1) is 0 Å². The number of hydrogen-bond donors (Lipinski definition) is 2. The predicted molar refractivity (Wildman–Crippen MR) is 106 cm³/mol. The fraction of sp³-hybridized carbons (Fsp3) is 0.400. The molecule has 1 aromatic heterocycles. The lowest BCUT2D eigenvalue weighted by molar-refractivity contribution is -0.117. The van der Waals surface area contributed by atoms with Crippen LogP contribution in [0.5, 0.6) is 0 Å². The third kappa shape index (κ3) is 4.45. The van der Waals surface area contributed by atoms with Crippen LogP contribution in [0.15, 0.2) is 36.4 Å². The van der Waals surface area contributed by atoms with Crippen molar-refractivity contribution < 1.29 is 9.59 Å². The van der Waals surface area contributed by atoms with Gasteiger partial charge in [-0.25, -0.2) is 0 Å². The first-order valence-corrected chi connectivity index (χ1v) is 9.59. The van der Waals surface area contributed by atoms with Crippen molar-refractivity contribution in [2.45, 2.75) is 18.8 Å². The highest BCUT2D eigenvalue weighted by molar-refractivity contribution is 5.95. The molecule has 2 amide bonds. The Morgan fingerprint density at radius 1 is 1.00 bits per heavy atom. The maximum absolute atomic E-state index is 12.3. The second-order valence-electron chi connectivity index (χ2n) is 7.34. The molecule has 1 aliphatic carbocycles. The number of piperazine rings is 1. The van der Waals surface area contributed by atoms with Crippen LogP contribution in [0.1, 0.15) is 34.8 Å². The Bertz CT molecular complexity index is 840. The van der Waals surface area contributed by atoms with Crippen LogP contribution in [0.3, 0.4) is 0 Å². The molecule has 1 aromatic carbocycles. The summed E-state index contributed by atoms with van der Waals surface area (Å²) in [4.78, 5) is 27.7. The van der Waals surface area contributed by atoms with Crippen molar-refractivity contribution in [3.8, 4) is 0 Å². The molecular weight excluding hydrogens is 356 g/mol. The van der Waals surface area contributed by atoms with Crippen LogP contribution in [0.4, 0.5) is 11.5 Å². The van der Waals surface area contributed by atoms with E-state index in [1.165, 1.54) is 12.8 Å². The van der Waals surface area contributed by atoms with E-state index in [-0.39, 0.29) is 5.91 Å². The largest absolute Gasteiger partial charge is 0.366 e. The summed E-state index contributed by atoms with van der Waals surface area (Å²) in [7, 11) is 0. The summed E-state index contributed by atoms with van der Waals surface area (Å²) in [5, 5.41) is 11.6. The SMILES string of the molecule is NC(=O)c1ccc(NC(=O)CN2CCN(c3ccc(C4CC4)nn3)CC2)cc1. The molecule has 0 unspecified atom stereocenters. The van der Waals surface area contributed by atoms with E-state index in [9.17, 15) is 9.59 Å². The number of carbonyl (C=O) groups excluding carboxylic acids is 2. The van der Waals surface area contributed by atoms with Gasteiger partial charge in [0.05, 0.1) is 12.2 Å². The molecule has 2 aromatic rings. The number of benzene rings is 1. The molecule has 146 valence electrons. The highest BCUT2D eigenvalue weighted by atomic mass is 16.2. The number of nitrogens with zero attached hydrogens (tertiary/aromatic N) is 4. The number of hydrogen-bond acceptors (Lipinski definition) is 6. The predicted octanol–water partition coefficient (Wildman–Crippen LogP) is 1.21. The summed E-state index contributed by atoms with van der Waals surface area (Å²) in [6, 6.07) is 10.7. The van der Waals surface area contributed by atoms with Crippen molar-refractivity contribution in [2.75, 3.05) is 42.9 Å².